The molecule has 220 valence electrons. The quantitative estimate of drug-likeness (QED) is 0.181. The molecule has 4 aromatic carbocycles. The fourth-order valence-corrected chi connectivity index (χ4v) is 5.43. The van der Waals surface area contributed by atoms with Gasteiger partial charge in [-0.3, -0.25) is 9.52 Å². The molecule has 0 aliphatic heterocycles. The number of benzene rings is 4. The Balaban J connectivity index is 1.55. The number of nitrogens with zero attached hydrogens (tertiary/aromatic N) is 2. The average molecular weight is 600 g/mol. The third-order valence-corrected chi connectivity index (χ3v) is 7.75. The number of amides is 1. The lowest BCUT2D eigenvalue weighted by Crippen LogP contribution is -2.16. The van der Waals surface area contributed by atoms with Gasteiger partial charge < -0.3 is 24.8 Å². The number of para-hydroxylation sites is 2. The number of ether oxygens (including phenoxy) is 3. The summed E-state index contributed by atoms with van der Waals surface area (Å²) in [6.45, 7) is 1.40. The molecule has 5 aromatic rings. The summed E-state index contributed by atoms with van der Waals surface area (Å²) < 4.78 is 46.2. The topological polar surface area (TPSA) is 141 Å². The molecular formula is C31H29N5O6S. The number of sulfonamides is 1. The molecule has 0 spiro atoms. The Morgan fingerprint density at radius 2 is 1.37 bits per heavy atom. The lowest BCUT2D eigenvalue weighted by Gasteiger charge is -2.16. The van der Waals surface area contributed by atoms with Crippen molar-refractivity contribution in [2.45, 2.75) is 11.8 Å². The highest BCUT2D eigenvalue weighted by atomic mass is 32.2. The van der Waals surface area contributed by atoms with Gasteiger partial charge in [0.05, 0.1) is 37.3 Å². The third-order valence-electron chi connectivity index (χ3n) is 6.41. The first kappa shape index (κ1) is 29.1. The maximum Gasteiger partial charge on any atom is 0.263 e. The van der Waals surface area contributed by atoms with Gasteiger partial charge in [-0.05, 0) is 48.0 Å². The molecule has 1 heterocycles. The summed E-state index contributed by atoms with van der Waals surface area (Å²) in [6.07, 6.45) is 0. The summed E-state index contributed by atoms with van der Waals surface area (Å²) in [6, 6.07) is 23.8. The molecule has 0 radical (unpaired) electrons. The molecule has 0 aliphatic carbocycles. The van der Waals surface area contributed by atoms with Crippen molar-refractivity contribution in [3.8, 4) is 28.4 Å². The van der Waals surface area contributed by atoms with E-state index >= 15 is 0 Å². The van der Waals surface area contributed by atoms with Crippen molar-refractivity contribution < 1.29 is 27.4 Å². The highest BCUT2D eigenvalue weighted by Gasteiger charge is 2.21. The predicted octanol–water partition coefficient (Wildman–Crippen LogP) is 5.83. The Labute approximate surface area is 248 Å². The van der Waals surface area contributed by atoms with Crippen molar-refractivity contribution in [2.75, 3.05) is 36.7 Å². The molecule has 1 aromatic heterocycles. The van der Waals surface area contributed by atoms with Crippen molar-refractivity contribution in [3.05, 3.63) is 84.9 Å². The Hall–Kier alpha value is -5.36. The molecule has 3 N–H and O–H groups in total. The van der Waals surface area contributed by atoms with E-state index in [0.717, 1.165) is 0 Å². The Morgan fingerprint density at radius 3 is 2.00 bits per heavy atom. The van der Waals surface area contributed by atoms with E-state index in [1.54, 1.807) is 66.7 Å². The monoisotopic (exact) mass is 599 g/mol. The van der Waals surface area contributed by atoms with E-state index in [9.17, 15) is 13.2 Å². The van der Waals surface area contributed by atoms with E-state index in [0.29, 0.717) is 50.8 Å². The van der Waals surface area contributed by atoms with Crippen LogP contribution in [0, 0.1) is 0 Å². The summed E-state index contributed by atoms with van der Waals surface area (Å²) in [7, 11) is 0.432. The molecular weight excluding hydrogens is 570 g/mol. The van der Waals surface area contributed by atoms with Crippen LogP contribution in [0.15, 0.2) is 89.8 Å². The lowest BCUT2D eigenvalue weighted by molar-refractivity contribution is -0.114. The summed E-state index contributed by atoms with van der Waals surface area (Å²) in [5.41, 5.74) is 3.26. The maximum atomic E-state index is 13.8. The SMILES string of the molecule is COc1cc(Nc2nc3ccccc3nc2NS(=O)(=O)c2cccc(-c3cc(OC)ccc3NC(C)=O)c2)cc(OC)c1. The van der Waals surface area contributed by atoms with Gasteiger partial charge in [-0.25, -0.2) is 18.4 Å². The zero-order valence-corrected chi connectivity index (χ0v) is 24.7. The normalized spacial score (nSPS) is 11.1. The van der Waals surface area contributed by atoms with E-state index in [2.05, 4.69) is 25.3 Å². The highest BCUT2D eigenvalue weighted by Crippen LogP contribution is 2.35. The Morgan fingerprint density at radius 1 is 0.721 bits per heavy atom. The second kappa shape index (κ2) is 12.2. The van der Waals surface area contributed by atoms with E-state index < -0.39 is 10.0 Å². The van der Waals surface area contributed by atoms with Crippen LogP contribution >= 0.6 is 0 Å². The van der Waals surface area contributed by atoms with Gasteiger partial charge in [0.25, 0.3) is 10.0 Å². The molecule has 0 bridgehead atoms. The lowest BCUT2D eigenvalue weighted by atomic mass is 10.0. The number of fused-ring (bicyclic) bond motifs is 1. The summed E-state index contributed by atoms with van der Waals surface area (Å²) in [5.74, 6) is 1.52. The maximum absolute atomic E-state index is 13.8. The van der Waals surface area contributed by atoms with Crippen molar-refractivity contribution >= 4 is 50.0 Å². The number of anilines is 4. The van der Waals surface area contributed by atoms with Crippen LogP contribution in [0.25, 0.3) is 22.2 Å². The number of hydrogen-bond acceptors (Lipinski definition) is 9. The van der Waals surface area contributed by atoms with Crippen LogP contribution in [-0.2, 0) is 14.8 Å². The van der Waals surface area contributed by atoms with Crippen LogP contribution in [0.4, 0.5) is 23.0 Å². The number of methoxy groups -OCH3 is 3. The van der Waals surface area contributed by atoms with Crippen LogP contribution in [0.1, 0.15) is 6.92 Å². The summed E-state index contributed by atoms with van der Waals surface area (Å²) in [5, 5.41) is 5.93. The van der Waals surface area contributed by atoms with Crippen molar-refractivity contribution in [2.24, 2.45) is 0 Å². The van der Waals surface area contributed by atoms with Gasteiger partial charge in [-0.15, -0.1) is 0 Å². The largest absolute Gasteiger partial charge is 0.497 e. The number of carbonyl (C=O) groups excluding carboxylic acids is 1. The van der Waals surface area contributed by atoms with Crippen LogP contribution < -0.4 is 29.6 Å². The zero-order valence-electron chi connectivity index (χ0n) is 23.8. The molecule has 0 saturated heterocycles. The molecule has 5 rings (SSSR count). The van der Waals surface area contributed by atoms with Crippen molar-refractivity contribution in [1.29, 1.82) is 0 Å². The van der Waals surface area contributed by atoms with E-state index in [1.807, 2.05) is 6.07 Å². The number of carbonyl (C=O) groups is 1. The van der Waals surface area contributed by atoms with Crippen molar-refractivity contribution in [1.82, 2.24) is 9.97 Å². The van der Waals surface area contributed by atoms with Crippen LogP contribution in [-0.4, -0.2) is 45.6 Å². The van der Waals surface area contributed by atoms with Crippen LogP contribution in [0.2, 0.25) is 0 Å². The average Bonchev–Trinajstić information content (AvgIpc) is 3.01. The molecule has 12 heteroatoms. The predicted molar refractivity (Wildman–Crippen MR) is 166 cm³/mol. The number of nitrogens with one attached hydrogen (secondary N) is 3. The van der Waals surface area contributed by atoms with Crippen LogP contribution in [0.5, 0.6) is 17.2 Å². The molecule has 43 heavy (non-hydrogen) atoms. The second-order valence-electron chi connectivity index (χ2n) is 9.36. The summed E-state index contributed by atoms with van der Waals surface area (Å²) >= 11 is 0. The standard InChI is InChI=1S/C31H29N5O6S/c1-19(37)32-27-13-12-22(40-2)18-26(27)20-8-7-9-25(14-20)43(38,39)36-31-30(34-28-10-5-6-11-29(28)35-31)33-21-15-23(41-3)17-24(16-21)42-4/h5-18H,1-4H3,(H,32,37)(H,33,34)(H,35,36). The molecule has 0 fully saturated rings. The van der Waals surface area contributed by atoms with Gasteiger partial charge in [0, 0.05) is 42.1 Å². The first-order valence-electron chi connectivity index (χ1n) is 13.0. The minimum atomic E-state index is -4.16. The highest BCUT2D eigenvalue weighted by molar-refractivity contribution is 7.92. The van der Waals surface area contributed by atoms with Crippen LogP contribution in [0.3, 0.4) is 0 Å². The fourth-order valence-electron chi connectivity index (χ4n) is 4.38. The molecule has 0 unspecified atom stereocenters. The van der Waals surface area contributed by atoms with Gasteiger partial charge in [0.15, 0.2) is 11.6 Å². The first-order chi connectivity index (χ1) is 20.7. The van der Waals surface area contributed by atoms with E-state index in [4.69, 9.17) is 14.2 Å². The van der Waals surface area contributed by atoms with Gasteiger partial charge in [-0.2, -0.15) is 0 Å². The Bertz CT molecular complexity index is 1910. The zero-order chi connectivity index (χ0) is 30.6. The van der Waals surface area contributed by atoms with E-state index in [1.165, 1.54) is 40.4 Å². The number of rotatable bonds is 10. The molecule has 1 amide bonds. The van der Waals surface area contributed by atoms with Gasteiger partial charge >= 0.3 is 0 Å². The first-order valence-corrected chi connectivity index (χ1v) is 14.5. The van der Waals surface area contributed by atoms with Gasteiger partial charge in [-0.1, -0.05) is 24.3 Å². The van der Waals surface area contributed by atoms with Gasteiger partial charge in [0.2, 0.25) is 5.91 Å². The Kier molecular flexibility index (Phi) is 8.30. The van der Waals surface area contributed by atoms with Crippen molar-refractivity contribution in [3.63, 3.8) is 0 Å². The minimum Gasteiger partial charge on any atom is -0.497 e. The van der Waals surface area contributed by atoms with Gasteiger partial charge in [0.1, 0.15) is 17.2 Å². The number of hydrogen-bond donors (Lipinski definition) is 3. The molecule has 11 nitrogen and oxygen atoms in total. The third kappa shape index (κ3) is 6.60. The fraction of sp³-hybridized carbons (Fsp3) is 0.129. The number of aromatic nitrogens is 2. The summed E-state index contributed by atoms with van der Waals surface area (Å²) in [4.78, 5) is 21.0. The second-order valence-corrected chi connectivity index (χ2v) is 11.0. The van der Waals surface area contributed by atoms with E-state index in [-0.39, 0.29) is 22.4 Å². The molecule has 0 atom stereocenters. The smallest absolute Gasteiger partial charge is 0.263 e. The minimum absolute atomic E-state index is 0.00814. The molecule has 0 aliphatic rings. The molecule has 0 saturated carbocycles.